The third kappa shape index (κ3) is 5.59. The van der Waals surface area contributed by atoms with E-state index in [-0.39, 0.29) is 17.5 Å². The van der Waals surface area contributed by atoms with Crippen LogP contribution in [0.4, 0.5) is 13.2 Å². The molecule has 198 valence electrons. The maximum Gasteiger partial charge on any atom is 0.534 e. The molecule has 0 saturated heterocycles. The number of esters is 1. The van der Waals surface area contributed by atoms with Crippen LogP contribution in [0, 0.1) is 11.3 Å². The van der Waals surface area contributed by atoms with Crippen molar-refractivity contribution in [1.82, 2.24) is 4.98 Å². The highest BCUT2D eigenvalue weighted by Crippen LogP contribution is 2.40. The van der Waals surface area contributed by atoms with Crippen LogP contribution in [-0.2, 0) is 26.7 Å². The Morgan fingerprint density at radius 1 is 1.05 bits per heavy atom. The van der Waals surface area contributed by atoms with Crippen molar-refractivity contribution in [3.8, 4) is 11.8 Å². The first kappa shape index (κ1) is 28.1. The van der Waals surface area contributed by atoms with Gasteiger partial charge >= 0.3 is 21.6 Å². The van der Waals surface area contributed by atoms with E-state index in [0.717, 1.165) is 0 Å². The van der Waals surface area contributed by atoms with Crippen LogP contribution in [-0.4, -0.2) is 30.5 Å². The molecule has 0 aliphatic rings. The van der Waals surface area contributed by atoms with Crippen molar-refractivity contribution < 1.29 is 35.3 Å². The van der Waals surface area contributed by atoms with E-state index in [1.54, 1.807) is 65.8 Å². The number of H-pyrrole nitrogens is 1. The Bertz CT molecular complexity index is 1510. The van der Waals surface area contributed by atoms with Gasteiger partial charge in [0.2, 0.25) is 0 Å². The first-order chi connectivity index (χ1) is 16.9. The van der Waals surface area contributed by atoms with Gasteiger partial charge in [-0.05, 0) is 56.5 Å². The van der Waals surface area contributed by atoms with Gasteiger partial charge in [0.15, 0.2) is 0 Å². The van der Waals surface area contributed by atoms with E-state index in [0.29, 0.717) is 27.7 Å². The number of rotatable bonds is 6. The smallest absolute Gasteiger partial charge is 0.456 e. The first-order valence-corrected chi connectivity index (χ1v) is 12.8. The van der Waals surface area contributed by atoms with Crippen LogP contribution in [0.25, 0.3) is 10.9 Å². The number of halogens is 3. The Morgan fingerprint density at radius 2 is 1.70 bits per heavy atom. The molecule has 1 aromatic heterocycles. The van der Waals surface area contributed by atoms with Crippen molar-refractivity contribution in [3.63, 3.8) is 0 Å². The topological polar surface area (TPSA) is 109 Å². The molecule has 0 atom stereocenters. The number of nitriles is 1. The number of benzene rings is 2. The minimum absolute atomic E-state index is 0.198. The monoisotopic (exact) mass is 536 g/mol. The van der Waals surface area contributed by atoms with Gasteiger partial charge in [-0.1, -0.05) is 39.0 Å². The number of carbonyl (C=O) groups is 1. The first-order valence-electron chi connectivity index (χ1n) is 11.3. The molecule has 7 nitrogen and oxygen atoms in total. The molecule has 11 heteroatoms. The minimum Gasteiger partial charge on any atom is -0.456 e. The molecule has 3 rings (SSSR count). The molecular weight excluding hydrogens is 509 g/mol. The largest absolute Gasteiger partial charge is 0.534 e. The van der Waals surface area contributed by atoms with Gasteiger partial charge in [0.05, 0.1) is 17.2 Å². The van der Waals surface area contributed by atoms with Crippen LogP contribution in [0.3, 0.4) is 0 Å². The van der Waals surface area contributed by atoms with Gasteiger partial charge in [-0.2, -0.15) is 26.9 Å². The van der Waals surface area contributed by atoms with Crippen molar-refractivity contribution in [1.29, 1.82) is 5.26 Å². The van der Waals surface area contributed by atoms with Gasteiger partial charge in [0.25, 0.3) is 0 Å². The predicted molar refractivity (Wildman–Crippen MR) is 132 cm³/mol. The highest BCUT2D eigenvalue weighted by Gasteiger charge is 2.49. The maximum atomic E-state index is 13.3. The highest BCUT2D eigenvalue weighted by molar-refractivity contribution is 7.88. The SMILES string of the molecule is CCc1ccc(C(C)(C)c2[nH]c3cc(C#N)ccc3c2C(=O)OC(C)(C)C)cc1OS(=O)(=O)C(F)(F)F. The summed E-state index contributed by atoms with van der Waals surface area (Å²) in [7, 11) is -5.89. The molecular formula is C26H27F3N2O5S. The molecule has 0 saturated carbocycles. The molecule has 0 amide bonds. The van der Waals surface area contributed by atoms with Gasteiger partial charge in [-0.25, -0.2) is 4.79 Å². The van der Waals surface area contributed by atoms with Crippen LogP contribution in [0.15, 0.2) is 36.4 Å². The summed E-state index contributed by atoms with van der Waals surface area (Å²) >= 11 is 0. The highest BCUT2D eigenvalue weighted by atomic mass is 32.2. The van der Waals surface area contributed by atoms with Crippen molar-refractivity contribution in [2.24, 2.45) is 0 Å². The lowest BCUT2D eigenvalue weighted by molar-refractivity contribution is -0.0500. The number of ether oxygens (including phenoxy) is 1. The number of alkyl halides is 3. The van der Waals surface area contributed by atoms with Gasteiger partial charge in [0, 0.05) is 22.0 Å². The molecule has 2 aromatic carbocycles. The Labute approximate surface area is 213 Å². The summed E-state index contributed by atoms with van der Waals surface area (Å²) in [6, 6.07) is 11.1. The summed E-state index contributed by atoms with van der Waals surface area (Å²) in [6.07, 6.45) is 0.218. The summed E-state index contributed by atoms with van der Waals surface area (Å²) in [5.74, 6) is -1.08. The van der Waals surface area contributed by atoms with E-state index < -0.39 is 38.4 Å². The second-order valence-electron chi connectivity index (χ2n) is 10.0. The van der Waals surface area contributed by atoms with Crippen LogP contribution in [0.5, 0.6) is 5.75 Å². The van der Waals surface area contributed by atoms with Crippen LogP contribution >= 0.6 is 0 Å². The zero-order chi connectivity index (χ0) is 28.0. The van der Waals surface area contributed by atoms with Crippen LogP contribution in [0.1, 0.15) is 74.3 Å². The Balaban J connectivity index is 2.24. The molecule has 0 spiro atoms. The van der Waals surface area contributed by atoms with E-state index in [1.165, 1.54) is 12.1 Å². The fourth-order valence-corrected chi connectivity index (χ4v) is 4.39. The number of hydrogen-bond acceptors (Lipinski definition) is 6. The third-order valence-corrected chi connectivity index (χ3v) is 6.77. The van der Waals surface area contributed by atoms with E-state index in [2.05, 4.69) is 9.17 Å². The van der Waals surface area contributed by atoms with E-state index >= 15 is 0 Å². The summed E-state index contributed by atoms with van der Waals surface area (Å²) < 4.78 is 72.7. The van der Waals surface area contributed by atoms with Crippen molar-refractivity contribution in [2.45, 2.75) is 64.5 Å². The zero-order valence-corrected chi connectivity index (χ0v) is 22.0. The molecule has 0 aliphatic heterocycles. The Kier molecular flexibility index (Phi) is 7.14. The normalized spacial score (nSPS) is 12.9. The maximum absolute atomic E-state index is 13.3. The lowest BCUT2D eigenvalue weighted by Crippen LogP contribution is -2.29. The number of nitrogens with zero attached hydrogens (tertiary/aromatic N) is 1. The molecule has 0 aliphatic carbocycles. The van der Waals surface area contributed by atoms with E-state index in [1.807, 2.05) is 6.07 Å². The van der Waals surface area contributed by atoms with E-state index in [4.69, 9.17) is 4.74 Å². The van der Waals surface area contributed by atoms with Gasteiger partial charge < -0.3 is 13.9 Å². The molecule has 1 heterocycles. The number of hydrogen-bond donors (Lipinski definition) is 1. The average molecular weight is 537 g/mol. The molecule has 1 N–H and O–H groups in total. The minimum atomic E-state index is -5.89. The molecule has 3 aromatic rings. The molecule has 0 bridgehead atoms. The van der Waals surface area contributed by atoms with Gasteiger partial charge in [0.1, 0.15) is 11.4 Å². The van der Waals surface area contributed by atoms with E-state index in [9.17, 15) is 31.6 Å². The van der Waals surface area contributed by atoms with Gasteiger partial charge in [-0.15, -0.1) is 0 Å². The average Bonchev–Trinajstić information content (AvgIpc) is 3.16. The molecule has 0 radical (unpaired) electrons. The van der Waals surface area contributed by atoms with Crippen molar-refractivity contribution >= 4 is 27.0 Å². The Hall–Kier alpha value is -3.52. The fourth-order valence-electron chi connectivity index (χ4n) is 3.90. The number of aryl methyl sites for hydroxylation is 1. The zero-order valence-electron chi connectivity index (χ0n) is 21.2. The fraction of sp³-hybridized carbons (Fsp3) is 0.385. The second kappa shape index (κ2) is 9.41. The van der Waals surface area contributed by atoms with Crippen LogP contribution in [0.2, 0.25) is 0 Å². The summed E-state index contributed by atoms with van der Waals surface area (Å²) in [4.78, 5) is 16.5. The second-order valence-corrected chi connectivity index (χ2v) is 11.6. The number of fused-ring (bicyclic) bond motifs is 1. The molecule has 37 heavy (non-hydrogen) atoms. The number of aromatic nitrogens is 1. The lowest BCUT2D eigenvalue weighted by atomic mass is 9.79. The Morgan fingerprint density at radius 3 is 2.24 bits per heavy atom. The third-order valence-electron chi connectivity index (χ3n) is 5.81. The lowest BCUT2D eigenvalue weighted by Gasteiger charge is -2.28. The number of carbonyl (C=O) groups excluding carboxylic acids is 1. The summed E-state index contributed by atoms with van der Waals surface area (Å²) in [6.45, 7) is 10.2. The summed E-state index contributed by atoms with van der Waals surface area (Å²) in [5.41, 5.74) is -5.41. The molecule has 0 unspecified atom stereocenters. The van der Waals surface area contributed by atoms with Crippen molar-refractivity contribution in [2.75, 3.05) is 0 Å². The number of aromatic amines is 1. The van der Waals surface area contributed by atoms with Crippen molar-refractivity contribution in [3.05, 3.63) is 64.3 Å². The standard InChI is InChI=1S/C26H27F3N2O5S/c1-7-16-9-10-17(13-20(16)36-37(33,34)26(27,28)29)25(5,6)22-21(23(32)35-24(2,3)4)18-11-8-15(14-30)12-19(18)31-22/h8-13,31H,7H2,1-6H3. The molecule has 0 fully saturated rings. The van der Waals surface area contributed by atoms with Crippen LogP contribution < -0.4 is 4.18 Å². The number of nitrogens with one attached hydrogen (secondary N) is 1. The predicted octanol–water partition coefficient (Wildman–Crippen LogP) is 6.11. The summed E-state index contributed by atoms with van der Waals surface area (Å²) in [5, 5.41) is 9.80. The quantitative estimate of drug-likeness (QED) is 0.231. The van der Waals surface area contributed by atoms with Gasteiger partial charge in [-0.3, -0.25) is 0 Å².